The Bertz CT molecular complexity index is 657. The van der Waals surface area contributed by atoms with Crippen LogP contribution in [0.15, 0.2) is 29.2 Å². The molecule has 1 aliphatic rings. The van der Waals surface area contributed by atoms with E-state index in [9.17, 15) is 13.2 Å². The van der Waals surface area contributed by atoms with Crippen LogP contribution in [-0.4, -0.2) is 26.0 Å². The van der Waals surface area contributed by atoms with Gasteiger partial charge in [0.25, 0.3) is 0 Å². The van der Waals surface area contributed by atoms with Gasteiger partial charge in [-0.3, -0.25) is 4.79 Å². The third-order valence-electron chi connectivity index (χ3n) is 3.20. The van der Waals surface area contributed by atoms with Gasteiger partial charge in [-0.2, -0.15) is 5.26 Å². The summed E-state index contributed by atoms with van der Waals surface area (Å²) in [5, 5.41) is 17.9. The first kappa shape index (κ1) is 13.5. The summed E-state index contributed by atoms with van der Waals surface area (Å²) in [6.07, 6.45) is 0.926. The summed E-state index contributed by atoms with van der Waals surface area (Å²) in [5.41, 5.74) is -0.940. The lowest BCUT2D eigenvalue weighted by Crippen LogP contribution is -2.34. The van der Waals surface area contributed by atoms with Gasteiger partial charge < -0.3 is 5.11 Å². The number of sulfonamides is 1. The van der Waals surface area contributed by atoms with Gasteiger partial charge in [-0.15, -0.1) is 0 Å². The Balaban J connectivity index is 2.20. The molecule has 19 heavy (non-hydrogen) atoms. The molecule has 0 radical (unpaired) electrons. The third-order valence-corrected chi connectivity index (χ3v) is 4.66. The largest absolute Gasteiger partial charge is 0.481 e. The van der Waals surface area contributed by atoms with Crippen molar-refractivity contribution in [2.75, 3.05) is 6.54 Å². The van der Waals surface area contributed by atoms with Crippen LogP contribution in [0.5, 0.6) is 0 Å². The van der Waals surface area contributed by atoms with Crippen LogP contribution >= 0.6 is 0 Å². The fraction of sp³-hybridized carbons (Fsp3) is 0.333. The van der Waals surface area contributed by atoms with E-state index in [1.165, 1.54) is 18.2 Å². The lowest BCUT2D eigenvalue weighted by atomic mass is 10.1. The SMILES string of the molecule is N#Cc1ccccc1S(=O)(=O)NCC1(C(=O)O)CC1. The van der Waals surface area contributed by atoms with Crippen LogP contribution in [-0.2, 0) is 14.8 Å². The van der Waals surface area contributed by atoms with Gasteiger partial charge in [0.1, 0.15) is 6.07 Å². The number of nitriles is 1. The second-order valence-electron chi connectivity index (χ2n) is 4.52. The first-order valence-electron chi connectivity index (χ1n) is 5.63. The molecule has 7 heteroatoms. The zero-order valence-electron chi connectivity index (χ0n) is 9.96. The van der Waals surface area contributed by atoms with Crippen molar-refractivity contribution >= 4 is 16.0 Å². The first-order chi connectivity index (χ1) is 8.91. The van der Waals surface area contributed by atoms with Gasteiger partial charge in [-0.25, -0.2) is 13.1 Å². The van der Waals surface area contributed by atoms with Crippen molar-refractivity contribution in [3.63, 3.8) is 0 Å². The maximum absolute atomic E-state index is 12.1. The average Bonchev–Trinajstić information content (AvgIpc) is 3.18. The molecule has 0 aliphatic heterocycles. The number of rotatable bonds is 5. The van der Waals surface area contributed by atoms with Crippen LogP contribution in [0, 0.1) is 16.7 Å². The van der Waals surface area contributed by atoms with Crippen LogP contribution in [0.25, 0.3) is 0 Å². The van der Waals surface area contributed by atoms with Crippen LogP contribution < -0.4 is 4.72 Å². The molecule has 1 aromatic rings. The summed E-state index contributed by atoms with van der Waals surface area (Å²) >= 11 is 0. The number of benzene rings is 1. The summed E-state index contributed by atoms with van der Waals surface area (Å²) in [4.78, 5) is 10.8. The van der Waals surface area contributed by atoms with E-state index in [-0.39, 0.29) is 17.0 Å². The summed E-state index contributed by atoms with van der Waals surface area (Å²) in [7, 11) is -3.87. The highest BCUT2D eigenvalue weighted by molar-refractivity contribution is 7.89. The molecule has 0 atom stereocenters. The number of nitrogens with one attached hydrogen (secondary N) is 1. The van der Waals surface area contributed by atoms with Gasteiger partial charge in [-0.05, 0) is 25.0 Å². The zero-order valence-corrected chi connectivity index (χ0v) is 10.8. The minimum Gasteiger partial charge on any atom is -0.481 e. The second-order valence-corrected chi connectivity index (χ2v) is 6.25. The number of hydrogen-bond acceptors (Lipinski definition) is 4. The Morgan fingerprint density at radius 2 is 2.05 bits per heavy atom. The first-order valence-corrected chi connectivity index (χ1v) is 7.12. The molecule has 0 aromatic heterocycles. The molecule has 2 N–H and O–H groups in total. The third kappa shape index (κ3) is 2.59. The molecule has 6 nitrogen and oxygen atoms in total. The molecule has 1 saturated carbocycles. The molecule has 0 saturated heterocycles. The predicted octanol–water partition coefficient (Wildman–Crippen LogP) is 0.701. The van der Waals surface area contributed by atoms with Crippen molar-refractivity contribution in [3.8, 4) is 6.07 Å². The van der Waals surface area contributed by atoms with Crippen molar-refractivity contribution in [2.24, 2.45) is 5.41 Å². The van der Waals surface area contributed by atoms with Crippen molar-refractivity contribution in [1.82, 2.24) is 4.72 Å². The Morgan fingerprint density at radius 1 is 1.42 bits per heavy atom. The highest BCUT2D eigenvalue weighted by Crippen LogP contribution is 2.45. The Hall–Kier alpha value is -1.91. The van der Waals surface area contributed by atoms with E-state index in [0.717, 1.165) is 0 Å². The monoisotopic (exact) mass is 280 g/mol. The second kappa shape index (κ2) is 4.64. The Morgan fingerprint density at radius 3 is 2.58 bits per heavy atom. The van der Waals surface area contributed by atoms with Crippen molar-refractivity contribution < 1.29 is 18.3 Å². The fourth-order valence-corrected chi connectivity index (χ4v) is 3.00. The zero-order chi connectivity index (χ0) is 14.1. The number of hydrogen-bond donors (Lipinski definition) is 2. The molecule has 2 rings (SSSR count). The molecule has 0 heterocycles. The summed E-state index contributed by atoms with van der Waals surface area (Å²) < 4.78 is 26.4. The quantitative estimate of drug-likeness (QED) is 0.825. The van der Waals surface area contributed by atoms with Crippen molar-refractivity contribution in [2.45, 2.75) is 17.7 Å². The highest BCUT2D eigenvalue weighted by Gasteiger charge is 2.50. The van der Waals surface area contributed by atoms with Gasteiger partial charge in [-0.1, -0.05) is 12.1 Å². The molecule has 1 aromatic carbocycles. The summed E-state index contributed by atoms with van der Waals surface area (Å²) in [6.45, 7) is -0.148. The van der Waals surface area contributed by atoms with E-state index in [1.54, 1.807) is 12.1 Å². The maximum Gasteiger partial charge on any atom is 0.310 e. The normalized spacial score (nSPS) is 16.6. The molecule has 1 fully saturated rings. The Labute approximate surface area is 110 Å². The molecule has 0 amide bonds. The fourth-order valence-electron chi connectivity index (χ4n) is 1.72. The number of nitrogens with zero attached hydrogens (tertiary/aromatic N) is 1. The minimum absolute atomic E-state index is 0.0372. The van der Waals surface area contributed by atoms with Crippen LogP contribution in [0.4, 0.5) is 0 Å². The summed E-state index contributed by atoms with van der Waals surface area (Å²) in [6, 6.07) is 7.60. The van der Waals surface area contributed by atoms with E-state index in [4.69, 9.17) is 10.4 Å². The van der Waals surface area contributed by atoms with E-state index in [1.807, 2.05) is 0 Å². The molecule has 1 aliphatic carbocycles. The number of carboxylic acid groups (broad SMARTS) is 1. The molecule has 0 unspecified atom stereocenters. The summed E-state index contributed by atoms with van der Waals surface area (Å²) in [5.74, 6) is -0.997. The molecule has 100 valence electrons. The molecule has 0 bridgehead atoms. The van der Waals surface area contributed by atoms with Gasteiger partial charge in [0, 0.05) is 6.54 Å². The van der Waals surface area contributed by atoms with Gasteiger partial charge >= 0.3 is 5.97 Å². The number of aliphatic carboxylic acids is 1. The van der Waals surface area contributed by atoms with Crippen molar-refractivity contribution in [3.05, 3.63) is 29.8 Å². The number of carboxylic acids is 1. The van der Waals surface area contributed by atoms with Crippen LogP contribution in [0.3, 0.4) is 0 Å². The molecule has 0 spiro atoms. The van der Waals surface area contributed by atoms with E-state index < -0.39 is 21.4 Å². The van der Waals surface area contributed by atoms with E-state index in [0.29, 0.717) is 12.8 Å². The Kier molecular flexibility index (Phi) is 3.30. The van der Waals surface area contributed by atoms with Gasteiger partial charge in [0.2, 0.25) is 10.0 Å². The van der Waals surface area contributed by atoms with Crippen LogP contribution in [0.1, 0.15) is 18.4 Å². The topological polar surface area (TPSA) is 107 Å². The smallest absolute Gasteiger partial charge is 0.310 e. The molecular formula is C12H12N2O4S. The maximum atomic E-state index is 12.1. The van der Waals surface area contributed by atoms with E-state index in [2.05, 4.69) is 4.72 Å². The molecular weight excluding hydrogens is 268 g/mol. The lowest BCUT2D eigenvalue weighted by Gasteiger charge is -2.12. The van der Waals surface area contributed by atoms with Gasteiger partial charge in [0.05, 0.1) is 15.9 Å². The average molecular weight is 280 g/mol. The van der Waals surface area contributed by atoms with Gasteiger partial charge in [0.15, 0.2) is 0 Å². The lowest BCUT2D eigenvalue weighted by molar-refractivity contribution is -0.143. The number of carbonyl (C=O) groups is 1. The highest BCUT2D eigenvalue weighted by atomic mass is 32.2. The van der Waals surface area contributed by atoms with Crippen LogP contribution in [0.2, 0.25) is 0 Å². The predicted molar refractivity (Wildman–Crippen MR) is 65.6 cm³/mol. The van der Waals surface area contributed by atoms with Crippen molar-refractivity contribution in [1.29, 1.82) is 5.26 Å². The standard InChI is InChI=1S/C12H12N2O4S/c13-7-9-3-1-2-4-10(9)19(17,18)14-8-12(5-6-12)11(15)16/h1-4,14H,5-6,8H2,(H,15,16). The minimum atomic E-state index is -3.87. The van der Waals surface area contributed by atoms with E-state index >= 15 is 0 Å².